The molecule has 1 aliphatic heterocycles. The number of amides is 1. The van der Waals surface area contributed by atoms with Crippen molar-refractivity contribution in [1.82, 2.24) is 5.32 Å². The van der Waals surface area contributed by atoms with Gasteiger partial charge in [0.1, 0.15) is 11.6 Å². The topological polar surface area (TPSA) is 41.1 Å². The van der Waals surface area contributed by atoms with Crippen LogP contribution in [0.15, 0.2) is 18.2 Å². The van der Waals surface area contributed by atoms with Gasteiger partial charge in [-0.15, -0.1) is 12.4 Å². The highest BCUT2D eigenvalue weighted by Crippen LogP contribution is 2.17. The summed E-state index contributed by atoms with van der Waals surface area (Å²) in [7, 11) is 0. The third kappa shape index (κ3) is 3.92. The van der Waals surface area contributed by atoms with Gasteiger partial charge < -0.3 is 10.6 Å². The molecule has 1 amide bonds. The first-order valence-electron chi connectivity index (χ1n) is 5.63. The molecule has 0 spiro atoms. The third-order valence-electron chi connectivity index (χ3n) is 2.84. The highest BCUT2D eigenvalue weighted by molar-refractivity contribution is 5.92. The standard InChI is InChI=1S/C12H14F2N2O.ClH/c13-9-5-10(14)7-11(6-9)16-12(17)8-1-3-15-4-2-8;/h5-8,15H,1-4H2,(H,16,17);1H. The Morgan fingerprint density at radius 1 is 1.17 bits per heavy atom. The molecular weight excluding hydrogens is 262 g/mol. The summed E-state index contributed by atoms with van der Waals surface area (Å²) in [4.78, 5) is 11.8. The highest BCUT2D eigenvalue weighted by Gasteiger charge is 2.21. The number of anilines is 1. The lowest BCUT2D eigenvalue weighted by molar-refractivity contribution is -0.120. The van der Waals surface area contributed by atoms with Crippen LogP contribution in [0.25, 0.3) is 0 Å². The van der Waals surface area contributed by atoms with E-state index in [2.05, 4.69) is 10.6 Å². The fourth-order valence-corrected chi connectivity index (χ4v) is 1.95. The lowest BCUT2D eigenvalue weighted by Gasteiger charge is -2.21. The molecule has 0 aliphatic carbocycles. The lowest BCUT2D eigenvalue weighted by Crippen LogP contribution is -2.34. The summed E-state index contributed by atoms with van der Waals surface area (Å²) < 4.78 is 25.8. The molecule has 0 aromatic heterocycles. The second-order valence-electron chi connectivity index (χ2n) is 4.17. The number of hydrogen-bond acceptors (Lipinski definition) is 2. The first kappa shape index (κ1) is 14.9. The van der Waals surface area contributed by atoms with Crippen LogP contribution in [0, 0.1) is 17.6 Å². The molecule has 6 heteroatoms. The van der Waals surface area contributed by atoms with Crippen LogP contribution in [-0.4, -0.2) is 19.0 Å². The Bertz CT molecular complexity index is 402. The fraction of sp³-hybridized carbons (Fsp3) is 0.417. The molecule has 0 unspecified atom stereocenters. The van der Waals surface area contributed by atoms with Crippen molar-refractivity contribution in [2.24, 2.45) is 5.92 Å². The van der Waals surface area contributed by atoms with Gasteiger partial charge in [0.15, 0.2) is 0 Å². The van der Waals surface area contributed by atoms with E-state index in [-0.39, 0.29) is 29.9 Å². The Kier molecular flexibility index (Phi) is 5.50. The lowest BCUT2D eigenvalue weighted by atomic mass is 9.97. The van der Waals surface area contributed by atoms with Gasteiger partial charge in [-0.2, -0.15) is 0 Å². The highest BCUT2D eigenvalue weighted by atomic mass is 35.5. The number of carbonyl (C=O) groups is 1. The molecule has 1 aliphatic rings. The SMILES string of the molecule is Cl.O=C(Nc1cc(F)cc(F)c1)C1CCNCC1. The van der Waals surface area contributed by atoms with Crippen LogP contribution in [0.2, 0.25) is 0 Å². The molecule has 1 saturated heterocycles. The van der Waals surface area contributed by atoms with Gasteiger partial charge in [0.05, 0.1) is 0 Å². The average Bonchev–Trinajstić information content (AvgIpc) is 2.28. The van der Waals surface area contributed by atoms with Crippen LogP contribution >= 0.6 is 12.4 Å². The zero-order valence-corrected chi connectivity index (χ0v) is 10.5. The quantitative estimate of drug-likeness (QED) is 0.870. The molecule has 18 heavy (non-hydrogen) atoms. The Morgan fingerprint density at radius 3 is 2.28 bits per heavy atom. The number of benzene rings is 1. The molecular formula is C12H15ClF2N2O. The molecule has 1 aromatic carbocycles. The zero-order valence-electron chi connectivity index (χ0n) is 9.71. The largest absolute Gasteiger partial charge is 0.326 e. The summed E-state index contributed by atoms with van der Waals surface area (Å²) in [6.45, 7) is 1.60. The maximum atomic E-state index is 12.9. The van der Waals surface area contributed by atoms with Crippen molar-refractivity contribution < 1.29 is 13.6 Å². The second-order valence-corrected chi connectivity index (χ2v) is 4.17. The molecule has 2 N–H and O–H groups in total. The van der Waals surface area contributed by atoms with Crippen molar-refractivity contribution in [2.45, 2.75) is 12.8 Å². The molecule has 1 fully saturated rings. The van der Waals surface area contributed by atoms with E-state index in [0.717, 1.165) is 44.1 Å². The smallest absolute Gasteiger partial charge is 0.227 e. The van der Waals surface area contributed by atoms with Crippen LogP contribution in [0.5, 0.6) is 0 Å². The number of rotatable bonds is 2. The number of nitrogens with one attached hydrogen (secondary N) is 2. The van der Waals surface area contributed by atoms with Crippen LogP contribution in [-0.2, 0) is 4.79 Å². The first-order chi connectivity index (χ1) is 8.15. The van der Waals surface area contributed by atoms with Crippen molar-refractivity contribution >= 4 is 24.0 Å². The minimum Gasteiger partial charge on any atom is -0.326 e. The van der Waals surface area contributed by atoms with Crippen molar-refractivity contribution in [3.05, 3.63) is 29.8 Å². The summed E-state index contributed by atoms with van der Waals surface area (Å²) in [6.07, 6.45) is 1.51. The van der Waals surface area contributed by atoms with Crippen molar-refractivity contribution in [2.75, 3.05) is 18.4 Å². The fourth-order valence-electron chi connectivity index (χ4n) is 1.95. The van der Waals surface area contributed by atoms with Crippen LogP contribution in [0.3, 0.4) is 0 Å². The predicted molar refractivity (Wildman–Crippen MR) is 67.8 cm³/mol. The van der Waals surface area contributed by atoms with Crippen LogP contribution in [0.1, 0.15) is 12.8 Å². The van der Waals surface area contributed by atoms with E-state index in [1.165, 1.54) is 0 Å². The molecule has 0 radical (unpaired) electrons. The van der Waals surface area contributed by atoms with Gasteiger partial charge in [-0.25, -0.2) is 8.78 Å². The normalized spacial score (nSPS) is 15.9. The summed E-state index contributed by atoms with van der Waals surface area (Å²) in [6, 6.07) is 3.00. The zero-order chi connectivity index (χ0) is 12.3. The van der Waals surface area contributed by atoms with Gasteiger partial charge in [0.2, 0.25) is 5.91 Å². The van der Waals surface area contributed by atoms with E-state index in [1.807, 2.05) is 0 Å². The van der Waals surface area contributed by atoms with Crippen LogP contribution < -0.4 is 10.6 Å². The molecule has 2 rings (SSSR count). The summed E-state index contributed by atoms with van der Waals surface area (Å²) in [5, 5.41) is 5.70. The van der Waals surface area contributed by atoms with E-state index in [9.17, 15) is 13.6 Å². The minimum absolute atomic E-state index is 0. The van der Waals surface area contributed by atoms with E-state index >= 15 is 0 Å². The van der Waals surface area contributed by atoms with Gasteiger partial charge in [-0.1, -0.05) is 0 Å². The third-order valence-corrected chi connectivity index (χ3v) is 2.84. The summed E-state index contributed by atoms with van der Waals surface area (Å²) >= 11 is 0. The number of halogens is 3. The molecule has 1 aromatic rings. The monoisotopic (exact) mass is 276 g/mol. The van der Waals surface area contributed by atoms with Gasteiger partial charge in [0.25, 0.3) is 0 Å². The molecule has 100 valence electrons. The molecule has 0 bridgehead atoms. The summed E-state index contributed by atoms with van der Waals surface area (Å²) in [5.74, 6) is -1.63. The van der Waals surface area contributed by atoms with E-state index in [0.29, 0.717) is 0 Å². The molecule has 0 atom stereocenters. The average molecular weight is 277 g/mol. The van der Waals surface area contributed by atoms with Crippen molar-refractivity contribution in [3.63, 3.8) is 0 Å². The molecule has 1 heterocycles. The summed E-state index contributed by atoms with van der Waals surface area (Å²) in [5.41, 5.74) is 0.172. The number of piperidine rings is 1. The molecule has 0 saturated carbocycles. The van der Waals surface area contributed by atoms with E-state index in [1.54, 1.807) is 0 Å². The predicted octanol–water partition coefficient (Wildman–Crippen LogP) is 2.32. The Labute approximate surface area is 110 Å². The number of hydrogen-bond donors (Lipinski definition) is 2. The number of carbonyl (C=O) groups excluding carboxylic acids is 1. The maximum absolute atomic E-state index is 12.9. The van der Waals surface area contributed by atoms with Gasteiger partial charge in [-0.05, 0) is 38.1 Å². The van der Waals surface area contributed by atoms with Gasteiger partial charge in [0, 0.05) is 17.7 Å². The molecule has 3 nitrogen and oxygen atoms in total. The van der Waals surface area contributed by atoms with Gasteiger partial charge >= 0.3 is 0 Å². The van der Waals surface area contributed by atoms with E-state index < -0.39 is 11.6 Å². The Hall–Kier alpha value is -1.20. The van der Waals surface area contributed by atoms with Crippen molar-refractivity contribution in [1.29, 1.82) is 0 Å². The minimum atomic E-state index is -0.689. The Balaban J connectivity index is 0.00000162. The van der Waals surface area contributed by atoms with E-state index in [4.69, 9.17) is 0 Å². The van der Waals surface area contributed by atoms with Crippen LogP contribution in [0.4, 0.5) is 14.5 Å². The van der Waals surface area contributed by atoms with Gasteiger partial charge in [-0.3, -0.25) is 4.79 Å². The Morgan fingerprint density at radius 2 is 1.72 bits per heavy atom. The first-order valence-corrected chi connectivity index (χ1v) is 5.63. The van der Waals surface area contributed by atoms with Crippen molar-refractivity contribution in [3.8, 4) is 0 Å². The maximum Gasteiger partial charge on any atom is 0.227 e. The second kappa shape index (κ2) is 6.66.